The quantitative estimate of drug-likeness (QED) is 0.0773. The number of hydrogen-bond donors (Lipinski definition) is 4. The average Bonchev–Trinajstić information content (AvgIpc) is 3.34. The second kappa shape index (κ2) is 11.4. The van der Waals surface area contributed by atoms with Gasteiger partial charge in [-0.05, 0) is 56.1 Å². The number of pyridine rings is 2. The number of azide groups is 1. The highest BCUT2D eigenvalue weighted by atomic mass is 32.1. The van der Waals surface area contributed by atoms with E-state index in [0.717, 1.165) is 10.9 Å². The molecule has 14 nitrogen and oxygen atoms in total. The fraction of sp³-hybridized carbons (Fsp3) is 0.357. The normalized spacial score (nSPS) is 17.8. The molecule has 43 heavy (non-hydrogen) atoms. The Morgan fingerprint density at radius 3 is 2.67 bits per heavy atom. The fourth-order valence-electron chi connectivity index (χ4n) is 5.17. The number of hydrogen-bond acceptors (Lipinski definition) is 9. The molecule has 4 N–H and O–H groups in total. The minimum atomic E-state index is -1.78. The maximum Gasteiger partial charge on any atom is 0.343 e. The van der Waals surface area contributed by atoms with Crippen LogP contribution >= 0.6 is 12.2 Å². The molecule has 3 atom stereocenters. The number of amides is 3. The maximum atomic E-state index is 12.8. The number of nitrogens with one attached hydrogen (secondary N) is 3. The van der Waals surface area contributed by atoms with E-state index in [2.05, 4.69) is 26.0 Å². The summed E-state index contributed by atoms with van der Waals surface area (Å²) in [5, 5.41) is 22.7. The van der Waals surface area contributed by atoms with Gasteiger partial charge in [0.15, 0.2) is 5.60 Å². The minimum absolute atomic E-state index is 0.00571. The molecule has 222 valence electrons. The van der Waals surface area contributed by atoms with Crippen LogP contribution in [-0.4, -0.2) is 57.0 Å². The molecular formula is C28H28N8O6S. The molecule has 1 aromatic carbocycles. The Labute approximate surface area is 250 Å². The van der Waals surface area contributed by atoms with E-state index < -0.39 is 47.9 Å². The Balaban J connectivity index is 1.34. The summed E-state index contributed by atoms with van der Waals surface area (Å²) >= 11 is 5.74. The van der Waals surface area contributed by atoms with Gasteiger partial charge < -0.3 is 30.4 Å². The molecule has 0 saturated heterocycles. The predicted molar refractivity (Wildman–Crippen MR) is 157 cm³/mol. The number of anilines is 1. The van der Waals surface area contributed by atoms with E-state index in [-0.39, 0.29) is 13.0 Å². The number of rotatable bonds is 8. The summed E-state index contributed by atoms with van der Waals surface area (Å²) in [6.07, 6.45) is 0.139. The van der Waals surface area contributed by atoms with Gasteiger partial charge in [0.1, 0.15) is 29.9 Å². The standard InChI is InChI=1S/C28H28N8O6S/c1-4-28(41)19-9-21-23-16(11-36(21)26(43)18(19)12-42-27(28)40)7-15-8-17(5-6-20(15)34-23)33-25(39)14(3)32-24(38)13(2)31-22(37)10-30-35-29/h5-9,13-14,41H,4,10-12H2,1-3H3,(H,31,37)(H,32,38)(H,33,39)/t13-,14-,28-/m0/s1. The largest absolute Gasteiger partial charge is 0.458 e. The number of benzene rings is 1. The lowest BCUT2D eigenvalue weighted by Gasteiger charge is -2.32. The Morgan fingerprint density at radius 2 is 1.95 bits per heavy atom. The van der Waals surface area contributed by atoms with Crippen LogP contribution in [0.3, 0.4) is 0 Å². The molecule has 0 radical (unpaired) electrons. The highest BCUT2D eigenvalue weighted by Crippen LogP contribution is 2.41. The van der Waals surface area contributed by atoms with E-state index in [1.54, 1.807) is 31.2 Å². The number of carbonyl (C=O) groups is 4. The summed E-state index contributed by atoms with van der Waals surface area (Å²) in [6, 6.07) is 7.07. The molecule has 3 aromatic rings. The number of aromatic nitrogens is 2. The first-order chi connectivity index (χ1) is 20.5. The number of nitrogens with zero attached hydrogens (tertiary/aromatic N) is 5. The SMILES string of the molecule is CC[C@@]1(O)C(=O)OCc2c1cc1n(c2=S)Cc2cc3cc(NC(=O)[C@H](C)NC(=O)[C@H](C)NC(=O)CN=[N+]=[N-])ccc3nc2-1. The minimum Gasteiger partial charge on any atom is -0.458 e. The van der Waals surface area contributed by atoms with Crippen LogP contribution in [-0.2, 0) is 42.7 Å². The van der Waals surface area contributed by atoms with Crippen LogP contribution in [0.1, 0.15) is 43.9 Å². The van der Waals surface area contributed by atoms with E-state index in [1.165, 1.54) is 13.8 Å². The average molecular weight is 605 g/mol. The molecule has 0 unspecified atom stereocenters. The molecule has 4 heterocycles. The van der Waals surface area contributed by atoms with Crippen molar-refractivity contribution in [1.29, 1.82) is 0 Å². The van der Waals surface area contributed by atoms with Crippen molar-refractivity contribution in [2.75, 3.05) is 11.9 Å². The summed E-state index contributed by atoms with van der Waals surface area (Å²) < 4.78 is 7.63. The molecule has 2 aliphatic heterocycles. The van der Waals surface area contributed by atoms with Crippen LogP contribution < -0.4 is 16.0 Å². The van der Waals surface area contributed by atoms with Crippen molar-refractivity contribution < 1.29 is 29.0 Å². The van der Waals surface area contributed by atoms with Crippen molar-refractivity contribution in [3.05, 3.63) is 62.1 Å². The summed E-state index contributed by atoms with van der Waals surface area (Å²) in [4.78, 5) is 56.7. The number of fused-ring (bicyclic) bond motifs is 5. The van der Waals surface area contributed by atoms with Crippen LogP contribution in [0, 0.1) is 4.64 Å². The second-order valence-corrected chi connectivity index (χ2v) is 10.8. The van der Waals surface area contributed by atoms with Gasteiger partial charge in [-0.25, -0.2) is 9.78 Å². The van der Waals surface area contributed by atoms with Crippen molar-refractivity contribution >= 4 is 52.5 Å². The molecule has 0 aliphatic carbocycles. The molecule has 5 rings (SSSR count). The van der Waals surface area contributed by atoms with Gasteiger partial charge in [-0.1, -0.05) is 24.3 Å². The van der Waals surface area contributed by atoms with E-state index >= 15 is 0 Å². The first-order valence-corrected chi connectivity index (χ1v) is 13.9. The summed E-state index contributed by atoms with van der Waals surface area (Å²) in [6.45, 7) is 4.66. The fourth-order valence-corrected chi connectivity index (χ4v) is 5.50. The van der Waals surface area contributed by atoms with Gasteiger partial charge in [-0.2, -0.15) is 0 Å². The molecule has 0 spiro atoms. The topological polar surface area (TPSA) is 200 Å². The van der Waals surface area contributed by atoms with Crippen LogP contribution in [0.2, 0.25) is 0 Å². The third-order valence-corrected chi connectivity index (χ3v) is 8.04. The molecule has 3 amide bonds. The van der Waals surface area contributed by atoms with Gasteiger partial charge in [0.2, 0.25) is 17.7 Å². The highest BCUT2D eigenvalue weighted by Gasteiger charge is 2.44. The molecular weight excluding hydrogens is 576 g/mol. The van der Waals surface area contributed by atoms with Crippen molar-refractivity contribution in [1.82, 2.24) is 20.2 Å². The third kappa shape index (κ3) is 5.41. The van der Waals surface area contributed by atoms with Crippen LogP contribution in [0.25, 0.3) is 32.7 Å². The Morgan fingerprint density at radius 1 is 1.21 bits per heavy atom. The van der Waals surface area contributed by atoms with E-state index in [9.17, 15) is 24.3 Å². The Hall–Kier alpha value is -4.85. The van der Waals surface area contributed by atoms with E-state index in [4.69, 9.17) is 27.5 Å². The van der Waals surface area contributed by atoms with Gasteiger partial charge in [0.25, 0.3) is 0 Å². The van der Waals surface area contributed by atoms with Crippen LogP contribution in [0.4, 0.5) is 5.69 Å². The monoisotopic (exact) mass is 604 g/mol. The van der Waals surface area contributed by atoms with Gasteiger partial charge >= 0.3 is 5.97 Å². The van der Waals surface area contributed by atoms with Crippen molar-refractivity contribution in [2.24, 2.45) is 5.11 Å². The zero-order valence-electron chi connectivity index (χ0n) is 23.5. The first kappa shape index (κ1) is 29.6. The third-order valence-electron chi connectivity index (χ3n) is 7.58. The molecule has 2 aliphatic rings. The van der Waals surface area contributed by atoms with Gasteiger partial charge in [0, 0.05) is 32.7 Å². The van der Waals surface area contributed by atoms with E-state index in [1.807, 2.05) is 10.6 Å². The smallest absolute Gasteiger partial charge is 0.343 e. The molecule has 15 heteroatoms. The highest BCUT2D eigenvalue weighted by molar-refractivity contribution is 7.71. The first-order valence-electron chi connectivity index (χ1n) is 13.5. The van der Waals surface area contributed by atoms with Gasteiger partial charge in [0.05, 0.1) is 23.4 Å². The zero-order chi connectivity index (χ0) is 31.1. The molecule has 0 saturated carbocycles. The van der Waals surface area contributed by atoms with Crippen LogP contribution in [0.5, 0.6) is 0 Å². The number of esters is 1. The summed E-state index contributed by atoms with van der Waals surface area (Å²) in [7, 11) is 0. The second-order valence-electron chi connectivity index (χ2n) is 10.4. The van der Waals surface area contributed by atoms with Gasteiger partial charge in [-0.3, -0.25) is 14.4 Å². The zero-order valence-corrected chi connectivity index (χ0v) is 24.3. The number of aliphatic hydroxyl groups is 1. The van der Waals surface area contributed by atoms with E-state index in [0.29, 0.717) is 44.9 Å². The number of ether oxygens (including phenoxy) is 1. The maximum absolute atomic E-state index is 12.8. The van der Waals surface area contributed by atoms with Crippen molar-refractivity contribution in [3.63, 3.8) is 0 Å². The lowest BCUT2D eigenvalue weighted by molar-refractivity contribution is -0.172. The molecule has 0 fully saturated rings. The summed E-state index contributed by atoms with van der Waals surface area (Å²) in [5.74, 6) is -2.37. The van der Waals surface area contributed by atoms with Gasteiger partial charge in [-0.15, -0.1) is 0 Å². The molecule has 2 aromatic heterocycles. The van der Waals surface area contributed by atoms with Crippen LogP contribution in [0.15, 0.2) is 35.4 Å². The Bertz CT molecular complexity index is 1820. The number of cyclic esters (lactones) is 1. The molecule has 0 bridgehead atoms. The summed E-state index contributed by atoms with van der Waals surface area (Å²) in [5.41, 5.74) is 11.0. The number of carbonyl (C=O) groups excluding carboxylic acids is 4. The lowest BCUT2D eigenvalue weighted by atomic mass is 9.86. The lowest BCUT2D eigenvalue weighted by Crippen LogP contribution is -2.50. The predicted octanol–water partition coefficient (Wildman–Crippen LogP) is 2.71. The Kier molecular flexibility index (Phi) is 7.88. The van der Waals surface area contributed by atoms with Crippen molar-refractivity contribution in [3.8, 4) is 11.4 Å². The van der Waals surface area contributed by atoms with Crippen molar-refractivity contribution in [2.45, 2.75) is 58.0 Å².